The molecule has 0 radical (unpaired) electrons. The minimum atomic E-state index is -0.254. The van der Waals surface area contributed by atoms with Crippen molar-refractivity contribution in [3.8, 4) is 0 Å². The van der Waals surface area contributed by atoms with E-state index in [-0.39, 0.29) is 12.4 Å². The molecule has 4 heteroatoms. The van der Waals surface area contributed by atoms with E-state index in [0.29, 0.717) is 12.8 Å². The van der Waals surface area contributed by atoms with Crippen LogP contribution in [0.15, 0.2) is 49.6 Å². The number of allylic oxidation sites excluding steroid dienone is 4. The maximum atomic E-state index is 10.1. The summed E-state index contributed by atoms with van der Waals surface area (Å²) in [6.45, 7) is 19.0. The molecule has 0 aliphatic heterocycles. The number of ether oxygens (including phenoxy) is 2. The minimum absolute atomic E-state index is 0.0370. The average Bonchev–Trinajstić information content (AvgIpc) is 2.65. The lowest BCUT2D eigenvalue weighted by Gasteiger charge is -2.09. The van der Waals surface area contributed by atoms with Crippen LogP contribution in [0.4, 0.5) is 0 Å². The fourth-order valence-corrected chi connectivity index (χ4v) is 2.14. The summed E-state index contributed by atoms with van der Waals surface area (Å²) < 4.78 is 10.1. The third-order valence-corrected chi connectivity index (χ3v) is 3.34. The Morgan fingerprint density at radius 3 is 1.75 bits per heavy atom. The van der Waals surface area contributed by atoms with E-state index in [4.69, 9.17) is 9.47 Å². The monoisotopic (exact) mass is 396 g/mol. The van der Waals surface area contributed by atoms with Crippen LogP contribution in [0.1, 0.15) is 72.6 Å². The topological polar surface area (TPSA) is 55.8 Å². The van der Waals surface area contributed by atoms with Crippen molar-refractivity contribution in [2.75, 3.05) is 13.2 Å². The molecule has 1 unspecified atom stereocenters. The number of carbonyl (C=O) groups is 1. The second-order valence-corrected chi connectivity index (χ2v) is 6.13. The average molecular weight is 397 g/mol. The van der Waals surface area contributed by atoms with E-state index in [1.54, 1.807) is 0 Å². The molecule has 1 atom stereocenters. The number of aliphatic hydroxyl groups excluding tert-OH is 1. The van der Waals surface area contributed by atoms with Crippen molar-refractivity contribution >= 4 is 6.29 Å². The number of aliphatic hydroxyl groups is 1. The van der Waals surface area contributed by atoms with Gasteiger partial charge in [0.05, 0.1) is 6.10 Å². The van der Waals surface area contributed by atoms with Gasteiger partial charge in [-0.1, -0.05) is 29.9 Å². The first kappa shape index (κ1) is 31.2. The minimum Gasteiger partial charge on any atom is -0.393 e. The molecule has 0 amide bonds. The molecular formula is C24H44O4. The maximum Gasteiger partial charge on any atom is 0.154 e. The Labute approximate surface area is 174 Å². The molecule has 0 aromatic carbocycles. The van der Waals surface area contributed by atoms with Crippen LogP contribution in [0.5, 0.6) is 0 Å². The second kappa shape index (κ2) is 27.7. The standard InChI is InChI=1S/C16H26O2.C6H14O2.C2H4/c1-15(2)14-16(18)12-10-8-6-4-3-5-7-9-11-13-17;1-4-7-6(3)8-5-2;1-2/h5-8,13,16,18H,1,3-4,9-12,14H2,2H3;6H,4-5H2,1-3H3;1-2H2/b7-5+,8-6+;;. The van der Waals surface area contributed by atoms with Gasteiger partial charge in [-0.05, 0) is 66.2 Å². The Bertz CT molecular complexity index is 382. The van der Waals surface area contributed by atoms with Gasteiger partial charge in [-0.25, -0.2) is 0 Å². The predicted octanol–water partition coefficient (Wildman–Crippen LogP) is 6.17. The van der Waals surface area contributed by atoms with E-state index in [1.807, 2.05) is 27.7 Å². The zero-order valence-corrected chi connectivity index (χ0v) is 18.7. The van der Waals surface area contributed by atoms with Crippen molar-refractivity contribution < 1.29 is 19.4 Å². The Hall–Kier alpha value is -1.49. The van der Waals surface area contributed by atoms with Crippen LogP contribution >= 0.6 is 0 Å². The number of hydrogen-bond acceptors (Lipinski definition) is 4. The molecule has 0 saturated carbocycles. The molecule has 0 aliphatic carbocycles. The summed E-state index contributed by atoms with van der Waals surface area (Å²) >= 11 is 0. The summed E-state index contributed by atoms with van der Waals surface area (Å²) in [5.41, 5.74) is 1.03. The van der Waals surface area contributed by atoms with Crippen molar-refractivity contribution in [2.45, 2.75) is 85.0 Å². The molecule has 0 saturated heterocycles. The van der Waals surface area contributed by atoms with Crippen LogP contribution in [-0.2, 0) is 14.3 Å². The van der Waals surface area contributed by atoms with Gasteiger partial charge in [0.2, 0.25) is 0 Å². The lowest BCUT2D eigenvalue weighted by molar-refractivity contribution is -0.123. The first-order valence-corrected chi connectivity index (χ1v) is 10.3. The highest BCUT2D eigenvalue weighted by molar-refractivity contribution is 5.49. The van der Waals surface area contributed by atoms with Crippen molar-refractivity contribution in [3.05, 3.63) is 49.6 Å². The fourth-order valence-electron chi connectivity index (χ4n) is 2.14. The number of hydrogen-bond donors (Lipinski definition) is 1. The van der Waals surface area contributed by atoms with E-state index in [0.717, 1.165) is 57.2 Å². The molecule has 1 N–H and O–H groups in total. The van der Waals surface area contributed by atoms with Crippen molar-refractivity contribution in [3.63, 3.8) is 0 Å². The maximum absolute atomic E-state index is 10.1. The van der Waals surface area contributed by atoms with Gasteiger partial charge in [-0.15, -0.1) is 19.7 Å². The zero-order valence-electron chi connectivity index (χ0n) is 18.7. The highest BCUT2D eigenvalue weighted by atomic mass is 16.7. The number of carbonyl (C=O) groups excluding carboxylic acids is 1. The number of aldehydes is 1. The second-order valence-electron chi connectivity index (χ2n) is 6.13. The molecule has 0 rings (SSSR count). The first-order valence-electron chi connectivity index (χ1n) is 10.3. The molecule has 28 heavy (non-hydrogen) atoms. The SMILES string of the molecule is C=C.C=C(C)CC(O)CC/C=C/CC/C=C/CCC=O.CCOC(C)OCC. The third-order valence-electron chi connectivity index (χ3n) is 3.34. The van der Waals surface area contributed by atoms with E-state index in [9.17, 15) is 9.90 Å². The predicted molar refractivity (Wildman–Crippen MR) is 121 cm³/mol. The van der Waals surface area contributed by atoms with Crippen LogP contribution in [0, 0.1) is 0 Å². The summed E-state index contributed by atoms with van der Waals surface area (Å²) in [4.78, 5) is 10.1. The van der Waals surface area contributed by atoms with Gasteiger partial charge in [0.25, 0.3) is 0 Å². The van der Waals surface area contributed by atoms with E-state index >= 15 is 0 Å². The van der Waals surface area contributed by atoms with Gasteiger partial charge in [0.1, 0.15) is 6.29 Å². The van der Waals surface area contributed by atoms with E-state index in [2.05, 4.69) is 44.0 Å². The number of rotatable bonds is 15. The Morgan fingerprint density at radius 1 is 0.929 bits per heavy atom. The van der Waals surface area contributed by atoms with E-state index < -0.39 is 0 Å². The van der Waals surface area contributed by atoms with Crippen LogP contribution in [0.25, 0.3) is 0 Å². The first-order chi connectivity index (χ1) is 13.5. The lowest BCUT2D eigenvalue weighted by atomic mass is 10.1. The summed E-state index contributed by atoms with van der Waals surface area (Å²) in [5.74, 6) is 0. The van der Waals surface area contributed by atoms with Gasteiger partial charge in [-0.3, -0.25) is 0 Å². The third kappa shape index (κ3) is 32.2. The van der Waals surface area contributed by atoms with Crippen LogP contribution in [0.2, 0.25) is 0 Å². The molecular weight excluding hydrogens is 352 g/mol. The normalized spacial score (nSPS) is 11.6. The van der Waals surface area contributed by atoms with E-state index in [1.165, 1.54) is 0 Å². The highest BCUT2D eigenvalue weighted by Crippen LogP contribution is 2.08. The molecule has 0 fully saturated rings. The molecule has 0 aliphatic rings. The molecule has 0 bridgehead atoms. The van der Waals surface area contributed by atoms with Gasteiger partial charge in [0, 0.05) is 19.6 Å². The quantitative estimate of drug-likeness (QED) is 0.156. The summed E-state index contributed by atoms with van der Waals surface area (Å²) in [6, 6.07) is 0. The van der Waals surface area contributed by atoms with Gasteiger partial charge >= 0.3 is 0 Å². The molecule has 4 nitrogen and oxygen atoms in total. The summed E-state index contributed by atoms with van der Waals surface area (Å²) in [6.07, 6.45) is 15.0. The smallest absolute Gasteiger partial charge is 0.154 e. The summed E-state index contributed by atoms with van der Waals surface area (Å²) in [5, 5.41) is 9.61. The highest BCUT2D eigenvalue weighted by Gasteiger charge is 2.01. The number of unbranched alkanes of at least 4 members (excludes halogenated alkanes) is 2. The van der Waals surface area contributed by atoms with Crippen LogP contribution in [0.3, 0.4) is 0 Å². The molecule has 0 aromatic rings. The van der Waals surface area contributed by atoms with Crippen LogP contribution in [-0.4, -0.2) is 37.0 Å². The largest absolute Gasteiger partial charge is 0.393 e. The Morgan fingerprint density at radius 2 is 1.36 bits per heavy atom. The lowest BCUT2D eigenvalue weighted by Crippen LogP contribution is -2.11. The molecule has 164 valence electrons. The molecule has 0 heterocycles. The van der Waals surface area contributed by atoms with Gasteiger partial charge in [-0.2, -0.15) is 0 Å². The zero-order chi connectivity index (χ0) is 22.0. The summed E-state index contributed by atoms with van der Waals surface area (Å²) in [7, 11) is 0. The van der Waals surface area contributed by atoms with Crippen molar-refractivity contribution in [1.29, 1.82) is 0 Å². The van der Waals surface area contributed by atoms with Gasteiger partial charge in [0.15, 0.2) is 6.29 Å². The Balaban J connectivity index is -0.000000522. The van der Waals surface area contributed by atoms with Gasteiger partial charge < -0.3 is 19.4 Å². The Kier molecular flexibility index (Phi) is 30.9. The van der Waals surface area contributed by atoms with Crippen molar-refractivity contribution in [1.82, 2.24) is 0 Å². The molecule has 0 aromatic heterocycles. The fraction of sp³-hybridized carbons (Fsp3) is 0.625. The van der Waals surface area contributed by atoms with Crippen molar-refractivity contribution in [2.24, 2.45) is 0 Å². The molecule has 0 spiro atoms. The van der Waals surface area contributed by atoms with Crippen LogP contribution < -0.4 is 0 Å².